The lowest BCUT2D eigenvalue weighted by Crippen LogP contribution is -2.58. The minimum absolute atomic E-state index is 0.103. The number of sulfonamides is 1. The first-order valence-electron chi connectivity index (χ1n) is 5.96. The molecule has 1 saturated heterocycles. The summed E-state index contributed by atoms with van der Waals surface area (Å²) in [5.41, 5.74) is 0. The quantitative estimate of drug-likeness (QED) is 0.775. The van der Waals surface area contributed by atoms with Crippen LogP contribution in [-0.2, 0) is 19.6 Å². The third-order valence-corrected chi connectivity index (χ3v) is 5.52. The molecule has 0 radical (unpaired) electrons. The van der Waals surface area contributed by atoms with Gasteiger partial charge in [-0.25, -0.2) is 8.42 Å². The lowest BCUT2D eigenvalue weighted by atomic mass is 10.2. The van der Waals surface area contributed by atoms with Crippen molar-refractivity contribution in [2.75, 3.05) is 13.7 Å². The minimum Gasteiger partial charge on any atom is -0.495 e. The van der Waals surface area contributed by atoms with Gasteiger partial charge in [0.2, 0.25) is 21.8 Å². The Bertz CT molecular complexity index is 704. The highest BCUT2D eigenvalue weighted by molar-refractivity contribution is 9.10. The predicted molar refractivity (Wildman–Crippen MR) is 77.2 cm³/mol. The largest absolute Gasteiger partial charge is 0.495 e. The molecule has 2 amide bonds. The van der Waals surface area contributed by atoms with Crippen molar-refractivity contribution in [1.82, 2.24) is 9.62 Å². The lowest BCUT2D eigenvalue weighted by Gasteiger charge is -2.31. The zero-order valence-electron chi connectivity index (χ0n) is 11.3. The number of benzene rings is 1. The average Bonchev–Trinajstić information content (AvgIpc) is 2.42. The number of hydrogen-bond acceptors (Lipinski definition) is 5. The molecule has 0 bridgehead atoms. The number of carbonyl (C=O) groups is 2. The van der Waals surface area contributed by atoms with E-state index in [1.807, 2.05) is 0 Å². The molecule has 114 valence electrons. The van der Waals surface area contributed by atoms with Crippen LogP contribution in [0.2, 0.25) is 0 Å². The minimum atomic E-state index is -4.05. The van der Waals surface area contributed by atoms with Crippen molar-refractivity contribution >= 4 is 37.8 Å². The van der Waals surface area contributed by atoms with E-state index < -0.39 is 34.4 Å². The molecule has 0 spiro atoms. The van der Waals surface area contributed by atoms with Crippen LogP contribution >= 0.6 is 15.9 Å². The van der Waals surface area contributed by atoms with Gasteiger partial charge in [-0.1, -0.05) is 15.9 Å². The van der Waals surface area contributed by atoms with Gasteiger partial charge in [0, 0.05) is 4.47 Å². The standard InChI is InChI=1S/C12H13BrN2O5S/c1-7-12(17)14-11(16)6-15(7)21(18,19)10-5-8(13)3-4-9(10)20-2/h3-5,7H,6H2,1-2H3,(H,14,16,17). The Kier molecular flexibility index (Phi) is 4.35. The predicted octanol–water partition coefficient (Wildman–Crippen LogP) is 0.493. The van der Waals surface area contributed by atoms with Gasteiger partial charge in [-0.3, -0.25) is 14.9 Å². The Morgan fingerprint density at radius 1 is 1.38 bits per heavy atom. The number of halogens is 1. The Hall–Kier alpha value is -1.45. The lowest BCUT2D eigenvalue weighted by molar-refractivity contribution is -0.136. The maximum Gasteiger partial charge on any atom is 0.247 e. The van der Waals surface area contributed by atoms with E-state index in [2.05, 4.69) is 21.2 Å². The van der Waals surface area contributed by atoms with Crippen LogP contribution in [0.25, 0.3) is 0 Å². The molecule has 1 aromatic rings. The average molecular weight is 377 g/mol. The van der Waals surface area contributed by atoms with E-state index in [9.17, 15) is 18.0 Å². The Morgan fingerprint density at radius 2 is 2.05 bits per heavy atom. The SMILES string of the molecule is COc1ccc(Br)cc1S(=O)(=O)N1CC(=O)NC(=O)C1C. The van der Waals surface area contributed by atoms with Gasteiger partial charge >= 0.3 is 0 Å². The van der Waals surface area contributed by atoms with E-state index in [-0.39, 0.29) is 10.6 Å². The number of hydrogen-bond donors (Lipinski definition) is 1. The van der Waals surface area contributed by atoms with E-state index in [0.717, 1.165) is 4.31 Å². The Balaban J connectivity index is 2.53. The maximum absolute atomic E-state index is 12.7. The summed E-state index contributed by atoms with van der Waals surface area (Å²) >= 11 is 3.20. The smallest absolute Gasteiger partial charge is 0.247 e. The number of rotatable bonds is 3. The molecule has 1 fully saturated rings. The van der Waals surface area contributed by atoms with Gasteiger partial charge < -0.3 is 4.74 Å². The molecule has 1 atom stereocenters. The number of piperazine rings is 1. The monoisotopic (exact) mass is 376 g/mol. The van der Waals surface area contributed by atoms with Gasteiger partial charge in [-0.05, 0) is 25.1 Å². The molecule has 21 heavy (non-hydrogen) atoms. The number of imide groups is 1. The van der Waals surface area contributed by atoms with Crippen molar-refractivity contribution in [3.05, 3.63) is 22.7 Å². The Labute approximate surface area is 130 Å². The van der Waals surface area contributed by atoms with Gasteiger partial charge in [-0.2, -0.15) is 4.31 Å². The Morgan fingerprint density at radius 3 is 2.67 bits per heavy atom. The zero-order valence-corrected chi connectivity index (χ0v) is 13.7. The second-order valence-corrected chi connectivity index (χ2v) is 7.21. The van der Waals surface area contributed by atoms with Crippen molar-refractivity contribution in [1.29, 1.82) is 0 Å². The summed E-state index contributed by atoms with van der Waals surface area (Å²) in [6, 6.07) is 3.53. The maximum atomic E-state index is 12.7. The van der Waals surface area contributed by atoms with E-state index >= 15 is 0 Å². The topological polar surface area (TPSA) is 92.8 Å². The van der Waals surface area contributed by atoms with Crippen LogP contribution < -0.4 is 10.1 Å². The molecule has 1 aliphatic heterocycles. The second kappa shape index (κ2) is 5.74. The van der Waals surface area contributed by atoms with E-state index in [1.165, 1.54) is 26.2 Å². The van der Waals surface area contributed by atoms with Gasteiger partial charge in [0.25, 0.3) is 0 Å². The van der Waals surface area contributed by atoms with E-state index in [4.69, 9.17) is 4.74 Å². The summed E-state index contributed by atoms with van der Waals surface area (Å²) in [6.45, 7) is 1.01. The third kappa shape index (κ3) is 2.94. The number of amides is 2. The molecule has 0 saturated carbocycles. The first-order valence-corrected chi connectivity index (χ1v) is 8.19. The molecule has 0 aromatic heterocycles. The summed E-state index contributed by atoms with van der Waals surface area (Å²) in [5, 5.41) is 2.10. The van der Waals surface area contributed by atoms with Crippen LogP contribution in [-0.4, -0.2) is 44.2 Å². The van der Waals surface area contributed by atoms with Crippen molar-refractivity contribution in [3.63, 3.8) is 0 Å². The fraction of sp³-hybridized carbons (Fsp3) is 0.333. The number of methoxy groups -OCH3 is 1. The first-order chi connectivity index (χ1) is 9.77. The van der Waals surface area contributed by atoms with E-state index in [0.29, 0.717) is 4.47 Å². The van der Waals surface area contributed by atoms with Crippen molar-refractivity contribution < 1.29 is 22.7 Å². The van der Waals surface area contributed by atoms with Crippen LogP contribution in [0.3, 0.4) is 0 Å². The molecule has 9 heteroatoms. The number of nitrogens with one attached hydrogen (secondary N) is 1. The molecule has 7 nitrogen and oxygen atoms in total. The molecule has 0 aliphatic carbocycles. The summed E-state index contributed by atoms with van der Waals surface area (Å²) in [4.78, 5) is 23.0. The van der Waals surface area contributed by atoms with Gasteiger partial charge in [0.1, 0.15) is 16.7 Å². The molecule has 1 aromatic carbocycles. The first kappa shape index (κ1) is 15.9. The van der Waals surface area contributed by atoms with Gasteiger partial charge in [0.05, 0.1) is 13.7 Å². The van der Waals surface area contributed by atoms with Crippen LogP contribution in [0.15, 0.2) is 27.6 Å². The summed E-state index contributed by atoms with van der Waals surface area (Å²) < 4.78 is 31.9. The van der Waals surface area contributed by atoms with Crippen LogP contribution in [0.5, 0.6) is 5.75 Å². The zero-order chi connectivity index (χ0) is 15.8. The van der Waals surface area contributed by atoms with E-state index in [1.54, 1.807) is 6.07 Å². The fourth-order valence-electron chi connectivity index (χ4n) is 1.96. The highest BCUT2D eigenvalue weighted by Crippen LogP contribution is 2.31. The number of ether oxygens (including phenoxy) is 1. The molecule has 1 unspecified atom stereocenters. The highest BCUT2D eigenvalue weighted by Gasteiger charge is 2.40. The molecular weight excluding hydrogens is 364 g/mol. The summed E-state index contributed by atoms with van der Waals surface area (Å²) in [7, 11) is -2.70. The fourth-order valence-corrected chi connectivity index (χ4v) is 4.21. The van der Waals surface area contributed by atoms with Crippen LogP contribution in [0.1, 0.15) is 6.92 Å². The van der Waals surface area contributed by atoms with Gasteiger partial charge in [0.15, 0.2) is 0 Å². The van der Waals surface area contributed by atoms with Crippen LogP contribution in [0.4, 0.5) is 0 Å². The summed E-state index contributed by atoms with van der Waals surface area (Å²) in [6.07, 6.45) is 0. The van der Waals surface area contributed by atoms with Crippen molar-refractivity contribution in [2.24, 2.45) is 0 Å². The number of nitrogens with zero attached hydrogens (tertiary/aromatic N) is 1. The molecular formula is C12H13BrN2O5S. The van der Waals surface area contributed by atoms with Gasteiger partial charge in [-0.15, -0.1) is 0 Å². The molecule has 2 rings (SSSR count). The highest BCUT2D eigenvalue weighted by atomic mass is 79.9. The summed E-state index contributed by atoms with van der Waals surface area (Å²) in [5.74, 6) is -1.16. The van der Waals surface area contributed by atoms with Crippen molar-refractivity contribution in [3.8, 4) is 5.75 Å². The van der Waals surface area contributed by atoms with Crippen molar-refractivity contribution in [2.45, 2.75) is 17.9 Å². The number of carbonyl (C=O) groups excluding carboxylic acids is 2. The third-order valence-electron chi connectivity index (χ3n) is 3.09. The molecule has 1 N–H and O–H groups in total. The molecule has 1 aliphatic rings. The normalized spacial score (nSPS) is 20.2. The molecule has 1 heterocycles. The van der Waals surface area contributed by atoms with Crippen LogP contribution in [0, 0.1) is 0 Å². The second-order valence-electron chi connectivity index (χ2n) is 4.43.